The maximum atomic E-state index is 10.8. The van der Waals surface area contributed by atoms with Gasteiger partial charge in [0.2, 0.25) is 0 Å². The van der Waals surface area contributed by atoms with Crippen molar-refractivity contribution in [1.29, 1.82) is 0 Å². The molecule has 0 amide bonds. The molecule has 2 unspecified atom stereocenters. The first kappa shape index (κ1) is 17.1. The van der Waals surface area contributed by atoms with Crippen LogP contribution in [-0.4, -0.2) is 31.1 Å². The van der Waals surface area contributed by atoms with Crippen molar-refractivity contribution >= 4 is 16.4 Å². The minimum Gasteiger partial charge on any atom is -0.463 e. The van der Waals surface area contributed by atoms with Gasteiger partial charge in [-0.15, -0.1) is 0 Å². The molecule has 0 spiro atoms. The molecule has 0 aromatic heterocycles. The van der Waals surface area contributed by atoms with Gasteiger partial charge in [0.15, 0.2) is 0 Å². The highest BCUT2D eigenvalue weighted by atomic mass is 32.3. The van der Waals surface area contributed by atoms with Crippen molar-refractivity contribution in [2.24, 2.45) is 5.92 Å². The van der Waals surface area contributed by atoms with Crippen LogP contribution in [0.1, 0.15) is 33.6 Å². The molecule has 2 atom stereocenters. The molecule has 7 heteroatoms. The summed E-state index contributed by atoms with van der Waals surface area (Å²) in [6.07, 6.45) is 1.86. The van der Waals surface area contributed by atoms with Gasteiger partial charge in [-0.25, -0.2) is 8.98 Å². The number of hydrogen-bond donors (Lipinski definition) is 1. The van der Waals surface area contributed by atoms with Gasteiger partial charge in [0.25, 0.3) is 0 Å². The molecule has 1 N–H and O–H groups in total. The second-order valence-corrected chi connectivity index (χ2v) is 5.26. The van der Waals surface area contributed by atoms with Crippen molar-refractivity contribution in [2.45, 2.75) is 39.2 Å². The van der Waals surface area contributed by atoms with E-state index < -0.39 is 22.0 Å². The first-order valence-corrected chi connectivity index (χ1v) is 6.98. The van der Waals surface area contributed by atoms with E-state index in [-0.39, 0.29) is 12.5 Å². The molecule has 0 fully saturated rings. The minimum atomic E-state index is -4.51. The molecule has 0 rings (SSSR count). The summed E-state index contributed by atoms with van der Waals surface area (Å²) in [6.45, 7) is 8.49. The SMILES string of the molecule is C=CC(=O)OCCC(C)C(C)(CC)OS(=O)(=O)O. The lowest BCUT2D eigenvalue weighted by Crippen LogP contribution is -2.38. The highest BCUT2D eigenvalue weighted by Gasteiger charge is 2.35. The zero-order valence-corrected chi connectivity index (χ0v) is 11.7. The lowest BCUT2D eigenvalue weighted by Gasteiger charge is -2.32. The number of esters is 1. The molecule has 0 aliphatic rings. The van der Waals surface area contributed by atoms with Gasteiger partial charge in [0.05, 0.1) is 12.2 Å². The van der Waals surface area contributed by atoms with E-state index in [1.807, 2.05) is 0 Å². The van der Waals surface area contributed by atoms with E-state index in [0.29, 0.717) is 12.8 Å². The molecule has 0 aromatic rings. The first-order chi connectivity index (χ1) is 8.14. The molecule has 0 radical (unpaired) electrons. The van der Waals surface area contributed by atoms with E-state index in [4.69, 9.17) is 9.29 Å². The van der Waals surface area contributed by atoms with Crippen LogP contribution >= 0.6 is 0 Å². The van der Waals surface area contributed by atoms with Crippen LogP contribution in [0.5, 0.6) is 0 Å². The third-order valence-corrected chi connectivity index (χ3v) is 3.59. The van der Waals surface area contributed by atoms with Gasteiger partial charge in [-0.3, -0.25) is 4.55 Å². The van der Waals surface area contributed by atoms with Crippen LogP contribution in [0.4, 0.5) is 0 Å². The minimum absolute atomic E-state index is 0.135. The quantitative estimate of drug-likeness (QED) is 0.414. The van der Waals surface area contributed by atoms with E-state index in [2.05, 4.69) is 10.8 Å². The fraction of sp³-hybridized carbons (Fsp3) is 0.727. The molecule has 106 valence electrons. The van der Waals surface area contributed by atoms with E-state index >= 15 is 0 Å². The molecule has 6 nitrogen and oxygen atoms in total. The number of carbonyl (C=O) groups is 1. The highest BCUT2D eigenvalue weighted by molar-refractivity contribution is 7.80. The average Bonchev–Trinajstić information content (AvgIpc) is 2.26. The Kier molecular flexibility index (Phi) is 6.51. The summed E-state index contributed by atoms with van der Waals surface area (Å²) in [5, 5.41) is 0. The summed E-state index contributed by atoms with van der Waals surface area (Å²) in [4.78, 5) is 10.8. The molecular formula is C11H20O6S. The van der Waals surface area contributed by atoms with Gasteiger partial charge in [-0.2, -0.15) is 8.42 Å². The zero-order chi connectivity index (χ0) is 14.4. The van der Waals surface area contributed by atoms with Gasteiger partial charge >= 0.3 is 16.4 Å². The third-order valence-electron chi connectivity index (χ3n) is 3.00. The van der Waals surface area contributed by atoms with Crippen LogP contribution in [0.3, 0.4) is 0 Å². The monoisotopic (exact) mass is 280 g/mol. The maximum Gasteiger partial charge on any atom is 0.397 e. The van der Waals surface area contributed by atoms with Crippen LogP contribution < -0.4 is 0 Å². The second-order valence-electron chi connectivity index (χ2n) is 4.24. The Labute approximate surface area is 108 Å². The third kappa shape index (κ3) is 6.13. The molecule has 0 bridgehead atoms. The van der Waals surface area contributed by atoms with Crippen molar-refractivity contribution < 1.29 is 26.7 Å². The van der Waals surface area contributed by atoms with E-state index in [1.54, 1.807) is 20.8 Å². The molecule has 0 saturated carbocycles. The van der Waals surface area contributed by atoms with Gasteiger partial charge in [-0.1, -0.05) is 20.4 Å². The summed E-state index contributed by atoms with van der Waals surface area (Å²) in [5.74, 6) is -0.752. The molecule has 18 heavy (non-hydrogen) atoms. The summed E-state index contributed by atoms with van der Waals surface area (Å²) in [6, 6.07) is 0. The summed E-state index contributed by atoms with van der Waals surface area (Å²) in [5.41, 5.74) is -1.03. The molecule has 0 heterocycles. The number of hydrogen-bond acceptors (Lipinski definition) is 5. The van der Waals surface area contributed by atoms with Crippen molar-refractivity contribution in [3.05, 3.63) is 12.7 Å². The lowest BCUT2D eigenvalue weighted by atomic mass is 9.86. The van der Waals surface area contributed by atoms with Gasteiger partial charge in [0.1, 0.15) is 0 Å². The lowest BCUT2D eigenvalue weighted by molar-refractivity contribution is -0.138. The number of ether oxygens (including phenoxy) is 1. The van der Waals surface area contributed by atoms with E-state index in [0.717, 1.165) is 6.08 Å². The predicted octanol–water partition coefficient (Wildman–Crippen LogP) is 1.73. The Morgan fingerprint density at radius 2 is 2.11 bits per heavy atom. The zero-order valence-electron chi connectivity index (χ0n) is 10.9. The Morgan fingerprint density at radius 3 is 2.50 bits per heavy atom. The Hall–Kier alpha value is -0.920. The van der Waals surface area contributed by atoms with Crippen LogP contribution in [0, 0.1) is 5.92 Å². The fourth-order valence-corrected chi connectivity index (χ4v) is 2.19. The standard InChI is InChI=1S/C11H20O6S/c1-5-10(12)16-8-7-9(3)11(4,6-2)17-18(13,14)15/h5,9H,1,6-8H2,2-4H3,(H,13,14,15). The predicted molar refractivity (Wildman–Crippen MR) is 66.3 cm³/mol. The van der Waals surface area contributed by atoms with Crippen LogP contribution in [-0.2, 0) is 24.1 Å². The second kappa shape index (κ2) is 6.86. The average molecular weight is 280 g/mol. The smallest absolute Gasteiger partial charge is 0.397 e. The summed E-state index contributed by atoms with van der Waals surface area (Å²) >= 11 is 0. The molecule has 0 aliphatic carbocycles. The topological polar surface area (TPSA) is 89.9 Å². The van der Waals surface area contributed by atoms with Gasteiger partial charge in [0, 0.05) is 6.08 Å². The first-order valence-electron chi connectivity index (χ1n) is 5.62. The number of carbonyl (C=O) groups excluding carboxylic acids is 1. The largest absolute Gasteiger partial charge is 0.463 e. The van der Waals surface area contributed by atoms with Crippen LogP contribution in [0.15, 0.2) is 12.7 Å². The molecule has 0 aromatic carbocycles. The van der Waals surface area contributed by atoms with E-state index in [1.165, 1.54) is 0 Å². The molecule has 0 saturated heterocycles. The Balaban J connectivity index is 4.47. The maximum absolute atomic E-state index is 10.8. The Bertz CT molecular complexity index is 388. The highest BCUT2D eigenvalue weighted by Crippen LogP contribution is 2.29. The summed E-state index contributed by atoms with van der Waals surface area (Å²) < 4.78 is 39.8. The van der Waals surface area contributed by atoms with Gasteiger partial charge in [-0.05, 0) is 25.7 Å². The molecular weight excluding hydrogens is 260 g/mol. The fourth-order valence-electron chi connectivity index (χ4n) is 1.43. The summed E-state index contributed by atoms with van der Waals surface area (Å²) in [7, 11) is -4.51. The van der Waals surface area contributed by atoms with E-state index in [9.17, 15) is 13.2 Å². The number of rotatable bonds is 8. The van der Waals surface area contributed by atoms with Crippen LogP contribution in [0.25, 0.3) is 0 Å². The van der Waals surface area contributed by atoms with Crippen molar-refractivity contribution in [2.75, 3.05) is 6.61 Å². The van der Waals surface area contributed by atoms with Crippen molar-refractivity contribution in [3.63, 3.8) is 0 Å². The molecule has 0 aliphatic heterocycles. The van der Waals surface area contributed by atoms with Gasteiger partial charge < -0.3 is 4.74 Å². The normalized spacial score (nSPS) is 16.7. The van der Waals surface area contributed by atoms with Crippen molar-refractivity contribution in [3.8, 4) is 0 Å². The van der Waals surface area contributed by atoms with Crippen LogP contribution in [0.2, 0.25) is 0 Å². The Morgan fingerprint density at radius 1 is 1.56 bits per heavy atom. The van der Waals surface area contributed by atoms with Crippen molar-refractivity contribution in [1.82, 2.24) is 0 Å².